The summed E-state index contributed by atoms with van der Waals surface area (Å²) in [5.74, 6) is 0.893. The second-order valence-corrected chi connectivity index (χ2v) is 7.50. The van der Waals surface area contributed by atoms with Gasteiger partial charge in [0.2, 0.25) is 11.8 Å². The molecule has 0 radical (unpaired) electrons. The lowest BCUT2D eigenvalue weighted by Crippen LogP contribution is -2.52. The van der Waals surface area contributed by atoms with Gasteiger partial charge in [-0.25, -0.2) is 0 Å². The van der Waals surface area contributed by atoms with Crippen molar-refractivity contribution in [3.63, 3.8) is 0 Å². The predicted molar refractivity (Wildman–Crippen MR) is 114 cm³/mol. The van der Waals surface area contributed by atoms with E-state index >= 15 is 0 Å². The normalized spacial score (nSPS) is 17.0. The number of carbonyl (C=O) groups excluding carboxylic acids is 2. The van der Waals surface area contributed by atoms with Crippen molar-refractivity contribution < 1.29 is 14.3 Å². The minimum Gasteiger partial charge on any atom is -0.495 e. The van der Waals surface area contributed by atoms with E-state index in [9.17, 15) is 9.59 Å². The Hall–Kier alpha value is -3.02. The number of amides is 2. The van der Waals surface area contributed by atoms with Crippen molar-refractivity contribution in [3.8, 4) is 5.75 Å². The monoisotopic (exact) mass is 393 g/mol. The molecule has 6 heteroatoms. The van der Waals surface area contributed by atoms with Gasteiger partial charge in [0, 0.05) is 38.3 Å². The molecule has 4 rings (SSSR count). The molecule has 152 valence electrons. The molecule has 2 aromatic rings. The van der Waals surface area contributed by atoms with Gasteiger partial charge in [0.1, 0.15) is 12.3 Å². The number of benzene rings is 2. The van der Waals surface area contributed by atoms with Crippen LogP contribution in [-0.2, 0) is 16.0 Å². The zero-order valence-electron chi connectivity index (χ0n) is 16.8. The van der Waals surface area contributed by atoms with Crippen molar-refractivity contribution in [2.24, 2.45) is 0 Å². The molecule has 2 aliphatic rings. The Morgan fingerprint density at radius 1 is 0.931 bits per heavy atom. The standard InChI is InChI=1S/C23H27N3O3/c1-29-21-11-5-4-10-20(21)24-13-15-25(16-14-24)23(28)17-26-19-9-3-2-7-18(19)8-6-12-22(26)27/h2-5,7,9-11H,6,8,12-17H2,1H3. The van der Waals surface area contributed by atoms with Crippen molar-refractivity contribution in [1.82, 2.24) is 4.90 Å². The zero-order chi connectivity index (χ0) is 20.2. The molecule has 2 aliphatic heterocycles. The number of hydrogen-bond acceptors (Lipinski definition) is 4. The van der Waals surface area contributed by atoms with Crippen LogP contribution in [0.4, 0.5) is 11.4 Å². The van der Waals surface area contributed by atoms with Gasteiger partial charge < -0.3 is 19.4 Å². The van der Waals surface area contributed by atoms with Crippen molar-refractivity contribution >= 4 is 23.2 Å². The summed E-state index contributed by atoms with van der Waals surface area (Å²) in [6.45, 7) is 2.89. The lowest BCUT2D eigenvalue weighted by atomic mass is 10.1. The number of anilines is 2. The molecule has 1 fully saturated rings. The molecule has 1 saturated heterocycles. The number of aryl methyl sites for hydroxylation is 1. The average molecular weight is 393 g/mol. The number of piperazine rings is 1. The number of methoxy groups -OCH3 is 1. The molecule has 29 heavy (non-hydrogen) atoms. The highest BCUT2D eigenvalue weighted by Crippen LogP contribution is 2.29. The van der Waals surface area contributed by atoms with Crippen LogP contribution in [0, 0.1) is 0 Å². The predicted octanol–water partition coefficient (Wildman–Crippen LogP) is 2.71. The van der Waals surface area contributed by atoms with E-state index in [1.807, 2.05) is 47.4 Å². The maximum Gasteiger partial charge on any atom is 0.242 e. The fourth-order valence-electron chi connectivity index (χ4n) is 4.18. The van der Waals surface area contributed by atoms with Gasteiger partial charge in [0.15, 0.2) is 0 Å². The maximum absolute atomic E-state index is 13.0. The van der Waals surface area contributed by atoms with Gasteiger partial charge in [-0.1, -0.05) is 30.3 Å². The van der Waals surface area contributed by atoms with Gasteiger partial charge in [-0.2, -0.15) is 0 Å². The van der Waals surface area contributed by atoms with Gasteiger partial charge in [0.25, 0.3) is 0 Å². The minimum absolute atomic E-state index is 0.00901. The molecule has 2 aromatic carbocycles. The van der Waals surface area contributed by atoms with E-state index in [0.717, 1.165) is 48.6 Å². The number of ether oxygens (including phenoxy) is 1. The van der Waals surface area contributed by atoms with Crippen molar-refractivity contribution in [2.45, 2.75) is 19.3 Å². The largest absolute Gasteiger partial charge is 0.495 e. The van der Waals surface area contributed by atoms with Crippen molar-refractivity contribution in [1.29, 1.82) is 0 Å². The Morgan fingerprint density at radius 3 is 2.38 bits per heavy atom. The molecular formula is C23H27N3O3. The Bertz CT molecular complexity index is 890. The first-order valence-electron chi connectivity index (χ1n) is 10.2. The van der Waals surface area contributed by atoms with Gasteiger partial charge in [-0.3, -0.25) is 9.59 Å². The van der Waals surface area contributed by atoms with E-state index in [1.165, 1.54) is 0 Å². The van der Waals surface area contributed by atoms with Crippen LogP contribution in [0.1, 0.15) is 18.4 Å². The van der Waals surface area contributed by atoms with Crippen molar-refractivity contribution in [3.05, 3.63) is 54.1 Å². The summed E-state index contributed by atoms with van der Waals surface area (Å²) in [4.78, 5) is 31.4. The number of hydrogen-bond donors (Lipinski definition) is 0. The maximum atomic E-state index is 13.0. The van der Waals surface area contributed by atoms with Gasteiger partial charge in [-0.15, -0.1) is 0 Å². The number of rotatable bonds is 4. The first-order chi connectivity index (χ1) is 14.2. The molecule has 0 saturated carbocycles. The molecule has 2 heterocycles. The quantitative estimate of drug-likeness (QED) is 0.802. The topological polar surface area (TPSA) is 53.1 Å². The van der Waals surface area contributed by atoms with Gasteiger partial charge >= 0.3 is 0 Å². The molecule has 0 aliphatic carbocycles. The van der Waals surface area contributed by atoms with Crippen LogP contribution in [0.2, 0.25) is 0 Å². The molecule has 0 bridgehead atoms. The second-order valence-electron chi connectivity index (χ2n) is 7.50. The van der Waals surface area contributed by atoms with E-state index in [1.54, 1.807) is 12.0 Å². The third-order valence-corrected chi connectivity index (χ3v) is 5.77. The minimum atomic E-state index is 0.00901. The Morgan fingerprint density at radius 2 is 1.62 bits per heavy atom. The van der Waals surface area contributed by atoms with E-state index in [-0.39, 0.29) is 18.4 Å². The summed E-state index contributed by atoms with van der Waals surface area (Å²) >= 11 is 0. The van der Waals surface area contributed by atoms with E-state index in [0.29, 0.717) is 19.5 Å². The molecule has 0 spiro atoms. The van der Waals surface area contributed by atoms with Crippen LogP contribution in [0.25, 0.3) is 0 Å². The van der Waals surface area contributed by atoms with Crippen LogP contribution in [0.15, 0.2) is 48.5 Å². The highest BCUT2D eigenvalue weighted by atomic mass is 16.5. The lowest BCUT2D eigenvalue weighted by molar-refractivity contribution is -0.131. The third-order valence-electron chi connectivity index (χ3n) is 5.77. The fourth-order valence-corrected chi connectivity index (χ4v) is 4.18. The first-order valence-corrected chi connectivity index (χ1v) is 10.2. The van der Waals surface area contributed by atoms with Crippen LogP contribution in [0.3, 0.4) is 0 Å². The molecule has 0 N–H and O–H groups in total. The number of carbonyl (C=O) groups is 2. The molecular weight excluding hydrogens is 366 g/mol. The summed E-state index contributed by atoms with van der Waals surface area (Å²) in [6, 6.07) is 15.9. The van der Waals surface area contributed by atoms with E-state index in [2.05, 4.69) is 11.0 Å². The number of fused-ring (bicyclic) bond motifs is 1. The lowest BCUT2D eigenvalue weighted by Gasteiger charge is -2.37. The SMILES string of the molecule is COc1ccccc1N1CCN(C(=O)CN2C(=O)CCCc3ccccc32)CC1. The second kappa shape index (κ2) is 8.55. The van der Waals surface area contributed by atoms with Crippen LogP contribution in [0.5, 0.6) is 5.75 Å². The zero-order valence-corrected chi connectivity index (χ0v) is 16.8. The van der Waals surface area contributed by atoms with Gasteiger partial charge in [0.05, 0.1) is 12.8 Å². The highest BCUT2D eigenvalue weighted by molar-refractivity contribution is 5.99. The summed E-state index contributed by atoms with van der Waals surface area (Å²) in [6.07, 6.45) is 2.20. The summed E-state index contributed by atoms with van der Waals surface area (Å²) < 4.78 is 5.46. The van der Waals surface area contributed by atoms with E-state index in [4.69, 9.17) is 4.74 Å². The van der Waals surface area contributed by atoms with Gasteiger partial charge in [-0.05, 0) is 36.6 Å². The number of nitrogens with zero attached hydrogens (tertiary/aromatic N) is 3. The van der Waals surface area contributed by atoms with Crippen LogP contribution < -0.4 is 14.5 Å². The van der Waals surface area contributed by atoms with Crippen LogP contribution in [-0.4, -0.2) is 56.5 Å². The van der Waals surface area contributed by atoms with Crippen molar-refractivity contribution in [2.75, 3.05) is 49.6 Å². The summed E-state index contributed by atoms with van der Waals surface area (Å²) in [5.41, 5.74) is 3.09. The molecule has 2 amide bonds. The Labute approximate surface area is 171 Å². The molecule has 0 aromatic heterocycles. The summed E-state index contributed by atoms with van der Waals surface area (Å²) in [7, 11) is 1.68. The highest BCUT2D eigenvalue weighted by Gasteiger charge is 2.28. The average Bonchev–Trinajstić information content (AvgIpc) is 2.92. The first kappa shape index (κ1) is 19.3. The fraction of sp³-hybridized carbons (Fsp3) is 0.391. The molecule has 0 unspecified atom stereocenters. The summed E-state index contributed by atoms with van der Waals surface area (Å²) in [5, 5.41) is 0. The van der Waals surface area contributed by atoms with Crippen LogP contribution >= 0.6 is 0 Å². The molecule has 0 atom stereocenters. The smallest absolute Gasteiger partial charge is 0.242 e. The third kappa shape index (κ3) is 4.06. The number of para-hydroxylation sites is 3. The van der Waals surface area contributed by atoms with E-state index < -0.39 is 0 Å². The molecule has 6 nitrogen and oxygen atoms in total. The Kier molecular flexibility index (Phi) is 5.69. The Balaban J connectivity index is 1.42.